The van der Waals surface area contributed by atoms with Gasteiger partial charge in [-0.1, -0.05) is 6.07 Å². The number of ether oxygens (including phenoxy) is 2. The third-order valence-corrected chi connectivity index (χ3v) is 4.35. The maximum Gasteiger partial charge on any atom is 0.303 e. The highest BCUT2D eigenvalue weighted by Crippen LogP contribution is 2.32. The second kappa shape index (κ2) is 8.92. The summed E-state index contributed by atoms with van der Waals surface area (Å²) in [6.45, 7) is 4.12. The van der Waals surface area contributed by atoms with Crippen LogP contribution >= 0.6 is 12.4 Å². The normalized spacial score (nSPS) is 16.4. The molecule has 1 fully saturated rings. The Morgan fingerprint density at radius 2 is 1.76 bits per heavy atom. The fourth-order valence-electron chi connectivity index (χ4n) is 3.00. The molecule has 1 aromatic carbocycles. The van der Waals surface area contributed by atoms with Gasteiger partial charge < -0.3 is 19.5 Å². The van der Waals surface area contributed by atoms with Crippen LogP contribution in [0.15, 0.2) is 18.2 Å². The summed E-state index contributed by atoms with van der Waals surface area (Å²) in [6, 6.07) is 5.97. The average Bonchev–Trinajstić information content (AvgIpc) is 3.03. The van der Waals surface area contributed by atoms with Crippen LogP contribution < -0.4 is 9.47 Å². The molecule has 0 unspecified atom stereocenters. The summed E-state index contributed by atoms with van der Waals surface area (Å²) in [6.07, 6.45) is 0.774. The molecule has 138 valence electrons. The van der Waals surface area contributed by atoms with E-state index in [2.05, 4.69) is 4.90 Å². The summed E-state index contributed by atoms with van der Waals surface area (Å²) in [7, 11) is 0. The van der Waals surface area contributed by atoms with E-state index in [9.17, 15) is 9.59 Å². The maximum atomic E-state index is 12.1. The molecule has 3 rings (SSSR count). The lowest BCUT2D eigenvalue weighted by Gasteiger charge is -2.34. The molecule has 0 radical (unpaired) electrons. The van der Waals surface area contributed by atoms with Crippen LogP contribution in [0.5, 0.6) is 11.5 Å². The van der Waals surface area contributed by atoms with Crippen LogP contribution in [0.1, 0.15) is 24.8 Å². The Balaban J connectivity index is 0.00000225. The average molecular weight is 371 g/mol. The Bertz CT molecular complexity index is 617. The molecule has 25 heavy (non-hydrogen) atoms. The van der Waals surface area contributed by atoms with E-state index in [4.69, 9.17) is 14.6 Å². The Morgan fingerprint density at radius 1 is 1.04 bits per heavy atom. The molecule has 2 aliphatic rings. The van der Waals surface area contributed by atoms with Gasteiger partial charge in [0.2, 0.25) is 12.7 Å². The number of carbonyl (C=O) groups excluding carboxylic acids is 1. The van der Waals surface area contributed by atoms with Crippen molar-refractivity contribution < 1.29 is 24.2 Å². The van der Waals surface area contributed by atoms with Crippen LogP contribution in [0, 0.1) is 0 Å². The van der Waals surface area contributed by atoms with Crippen molar-refractivity contribution in [3.05, 3.63) is 23.8 Å². The lowest BCUT2D eigenvalue weighted by atomic mass is 10.1. The highest BCUT2D eigenvalue weighted by Gasteiger charge is 2.21. The van der Waals surface area contributed by atoms with Gasteiger partial charge in [0.05, 0.1) is 0 Å². The monoisotopic (exact) mass is 370 g/mol. The van der Waals surface area contributed by atoms with E-state index in [0.29, 0.717) is 25.9 Å². The Morgan fingerprint density at radius 3 is 2.48 bits per heavy atom. The first-order valence-electron chi connectivity index (χ1n) is 8.22. The van der Waals surface area contributed by atoms with Crippen molar-refractivity contribution in [2.75, 3.05) is 33.0 Å². The van der Waals surface area contributed by atoms with Gasteiger partial charge in [0.1, 0.15) is 0 Å². The van der Waals surface area contributed by atoms with Gasteiger partial charge in [-0.25, -0.2) is 0 Å². The lowest BCUT2D eigenvalue weighted by Crippen LogP contribution is -2.48. The maximum absolute atomic E-state index is 12.1. The number of benzene rings is 1. The van der Waals surface area contributed by atoms with E-state index in [1.165, 1.54) is 5.56 Å². The highest BCUT2D eigenvalue weighted by atomic mass is 35.5. The van der Waals surface area contributed by atoms with Gasteiger partial charge in [0.25, 0.3) is 0 Å². The van der Waals surface area contributed by atoms with Crippen LogP contribution in [-0.4, -0.2) is 59.8 Å². The molecule has 1 N–H and O–H groups in total. The lowest BCUT2D eigenvalue weighted by molar-refractivity contribution is -0.137. The topological polar surface area (TPSA) is 79.3 Å². The molecule has 1 saturated heterocycles. The molecular formula is C17H23ClN2O5. The first-order chi connectivity index (χ1) is 11.6. The molecule has 8 heteroatoms. The van der Waals surface area contributed by atoms with Crippen molar-refractivity contribution >= 4 is 24.3 Å². The van der Waals surface area contributed by atoms with Crippen molar-refractivity contribution in [3.8, 4) is 11.5 Å². The molecule has 2 aliphatic heterocycles. The minimum atomic E-state index is -0.851. The minimum Gasteiger partial charge on any atom is -0.481 e. The third kappa shape index (κ3) is 5.24. The zero-order valence-corrected chi connectivity index (χ0v) is 14.8. The molecule has 0 aromatic heterocycles. The fraction of sp³-hybridized carbons (Fsp3) is 0.529. The molecule has 1 aromatic rings. The molecule has 2 heterocycles. The first-order valence-corrected chi connectivity index (χ1v) is 8.22. The predicted molar refractivity (Wildman–Crippen MR) is 93.2 cm³/mol. The zero-order chi connectivity index (χ0) is 16.9. The molecular weight excluding hydrogens is 348 g/mol. The highest BCUT2D eigenvalue weighted by molar-refractivity contribution is 5.85. The van der Waals surface area contributed by atoms with E-state index in [0.717, 1.165) is 31.1 Å². The van der Waals surface area contributed by atoms with Crippen molar-refractivity contribution in [1.29, 1.82) is 0 Å². The number of rotatable bonds is 6. The number of piperazine rings is 1. The van der Waals surface area contributed by atoms with Crippen molar-refractivity contribution in [2.24, 2.45) is 0 Å². The Kier molecular flexibility index (Phi) is 6.90. The van der Waals surface area contributed by atoms with E-state index < -0.39 is 5.97 Å². The number of aliphatic carboxylic acids is 1. The van der Waals surface area contributed by atoms with E-state index in [1.807, 2.05) is 23.1 Å². The number of nitrogens with zero attached hydrogens (tertiary/aromatic N) is 2. The molecule has 0 saturated carbocycles. The van der Waals surface area contributed by atoms with Gasteiger partial charge in [-0.2, -0.15) is 0 Å². The summed E-state index contributed by atoms with van der Waals surface area (Å²) in [5.41, 5.74) is 1.17. The number of carbonyl (C=O) groups is 2. The van der Waals surface area contributed by atoms with E-state index >= 15 is 0 Å². The van der Waals surface area contributed by atoms with Crippen LogP contribution in [0.2, 0.25) is 0 Å². The van der Waals surface area contributed by atoms with Gasteiger partial charge >= 0.3 is 5.97 Å². The molecule has 0 spiro atoms. The summed E-state index contributed by atoms with van der Waals surface area (Å²) in [5, 5.41) is 8.62. The second-order valence-corrected chi connectivity index (χ2v) is 6.09. The summed E-state index contributed by atoms with van der Waals surface area (Å²) in [4.78, 5) is 26.7. The molecule has 1 amide bonds. The van der Waals surface area contributed by atoms with Gasteiger partial charge in [-0.05, 0) is 24.1 Å². The van der Waals surface area contributed by atoms with Crippen molar-refractivity contribution in [1.82, 2.24) is 9.80 Å². The largest absolute Gasteiger partial charge is 0.481 e. The number of halogens is 1. The summed E-state index contributed by atoms with van der Waals surface area (Å²) in [5.74, 6) is 0.783. The number of carboxylic acid groups (broad SMARTS) is 1. The zero-order valence-electron chi connectivity index (χ0n) is 14.0. The van der Waals surface area contributed by atoms with Crippen LogP contribution in [-0.2, 0) is 16.1 Å². The Hall–Kier alpha value is -1.99. The van der Waals surface area contributed by atoms with Crippen molar-refractivity contribution in [3.63, 3.8) is 0 Å². The number of hydrogen-bond acceptors (Lipinski definition) is 5. The first kappa shape index (κ1) is 19.3. The molecule has 0 aliphatic carbocycles. The number of hydrogen-bond donors (Lipinski definition) is 1. The quantitative estimate of drug-likeness (QED) is 0.821. The molecule has 0 bridgehead atoms. The SMILES string of the molecule is Cl.O=C(O)CCCC(=O)N1CCN(Cc2ccc3c(c2)OCO3)CC1. The van der Waals surface area contributed by atoms with E-state index in [1.54, 1.807) is 0 Å². The summed E-state index contributed by atoms with van der Waals surface area (Å²) < 4.78 is 10.7. The van der Waals surface area contributed by atoms with Gasteiger partial charge in [0.15, 0.2) is 11.5 Å². The minimum absolute atomic E-state index is 0. The number of fused-ring (bicyclic) bond motifs is 1. The smallest absolute Gasteiger partial charge is 0.303 e. The van der Waals surface area contributed by atoms with Crippen LogP contribution in [0.4, 0.5) is 0 Å². The van der Waals surface area contributed by atoms with Gasteiger partial charge in [0, 0.05) is 45.6 Å². The summed E-state index contributed by atoms with van der Waals surface area (Å²) >= 11 is 0. The Labute approximate surface area is 152 Å². The second-order valence-electron chi connectivity index (χ2n) is 6.09. The molecule has 7 nitrogen and oxygen atoms in total. The van der Waals surface area contributed by atoms with Gasteiger partial charge in [-0.15, -0.1) is 12.4 Å². The molecule has 0 atom stereocenters. The van der Waals surface area contributed by atoms with E-state index in [-0.39, 0.29) is 31.5 Å². The van der Waals surface area contributed by atoms with Crippen LogP contribution in [0.3, 0.4) is 0 Å². The van der Waals surface area contributed by atoms with Gasteiger partial charge in [-0.3, -0.25) is 14.5 Å². The predicted octanol–water partition coefficient (Wildman–Crippen LogP) is 1.74. The number of amides is 1. The fourth-order valence-corrected chi connectivity index (χ4v) is 3.00. The number of carboxylic acids is 1. The standard InChI is InChI=1S/C17H22N2O5.ClH/c20-16(2-1-3-17(21)22)19-8-6-18(7-9-19)11-13-4-5-14-15(10-13)24-12-23-14;/h4-5,10H,1-3,6-9,11-12H2,(H,21,22);1H. The van der Waals surface area contributed by atoms with Crippen LogP contribution in [0.25, 0.3) is 0 Å². The third-order valence-electron chi connectivity index (χ3n) is 4.35. The van der Waals surface area contributed by atoms with Crippen molar-refractivity contribution in [2.45, 2.75) is 25.8 Å².